The number of rotatable bonds is 4. The van der Waals surface area contributed by atoms with Gasteiger partial charge >= 0.3 is 0 Å². The van der Waals surface area contributed by atoms with Gasteiger partial charge in [-0.3, -0.25) is 4.79 Å². The molecule has 1 aromatic carbocycles. The van der Waals surface area contributed by atoms with Crippen LogP contribution >= 0.6 is 0 Å². The molecule has 1 fully saturated rings. The molecule has 1 aliphatic carbocycles. The molecule has 0 aliphatic heterocycles. The second-order valence-electron chi connectivity index (χ2n) is 4.98. The summed E-state index contributed by atoms with van der Waals surface area (Å²) in [4.78, 5) is 11.7. The van der Waals surface area contributed by atoms with E-state index in [1.807, 2.05) is 30.3 Å². The molecule has 2 rings (SSSR count). The highest BCUT2D eigenvalue weighted by Gasteiger charge is 2.11. The largest absolute Gasteiger partial charge is 0.329 e. The molecule has 0 bridgehead atoms. The molecule has 1 aromatic rings. The lowest BCUT2D eigenvalue weighted by molar-refractivity contribution is 0.0970. The summed E-state index contributed by atoms with van der Waals surface area (Å²) in [7, 11) is 0. The lowest BCUT2D eigenvalue weighted by atomic mass is 9.87. The van der Waals surface area contributed by atoms with Gasteiger partial charge in [0.05, 0.1) is 0 Å². The van der Waals surface area contributed by atoms with Crippen molar-refractivity contribution in [1.29, 1.82) is 0 Å². The standard InChI is InChI=1S/C16H21NO/c18-16(15-11-5-2-6-12-15)17-13-7-10-14-8-3-1-4-9-14/h2,5-7,11-14H,1,3-4,8-10H2,(H,17,18)/b13-7+. The first-order chi connectivity index (χ1) is 8.86. The normalized spacial score (nSPS) is 16.9. The summed E-state index contributed by atoms with van der Waals surface area (Å²) >= 11 is 0. The van der Waals surface area contributed by atoms with Gasteiger partial charge in [-0.1, -0.05) is 56.4 Å². The monoisotopic (exact) mass is 243 g/mol. The molecule has 0 atom stereocenters. The minimum atomic E-state index is -0.0319. The van der Waals surface area contributed by atoms with E-state index in [0.717, 1.165) is 12.3 Å². The summed E-state index contributed by atoms with van der Waals surface area (Å²) in [5.74, 6) is 0.791. The SMILES string of the molecule is O=C(N/C=C/CC1CCCCC1)c1ccccc1. The molecule has 0 heterocycles. The minimum Gasteiger partial charge on any atom is -0.329 e. The van der Waals surface area contributed by atoms with Crippen molar-refractivity contribution < 1.29 is 4.79 Å². The van der Waals surface area contributed by atoms with Crippen molar-refractivity contribution in [3.63, 3.8) is 0 Å². The second-order valence-corrected chi connectivity index (χ2v) is 4.98. The molecule has 1 saturated carbocycles. The van der Waals surface area contributed by atoms with Crippen LogP contribution in [0.2, 0.25) is 0 Å². The predicted molar refractivity (Wildman–Crippen MR) is 74.2 cm³/mol. The van der Waals surface area contributed by atoms with Crippen LogP contribution in [0.25, 0.3) is 0 Å². The third-order valence-electron chi connectivity index (χ3n) is 3.56. The number of carbonyl (C=O) groups excluding carboxylic acids is 1. The first-order valence-electron chi connectivity index (χ1n) is 6.87. The third kappa shape index (κ3) is 4.02. The molecule has 1 N–H and O–H groups in total. The van der Waals surface area contributed by atoms with E-state index >= 15 is 0 Å². The van der Waals surface area contributed by atoms with Gasteiger partial charge in [-0.05, 0) is 24.5 Å². The van der Waals surface area contributed by atoms with E-state index in [0.29, 0.717) is 5.56 Å². The average molecular weight is 243 g/mol. The molecule has 18 heavy (non-hydrogen) atoms. The Labute approximate surface area is 109 Å². The molecule has 2 nitrogen and oxygen atoms in total. The van der Waals surface area contributed by atoms with Gasteiger partial charge < -0.3 is 5.32 Å². The highest BCUT2D eigenvalue weighted by Crippen LogP contribution is 2.26. The first kappa shape index (κ1) is 12.9. The summed E-state index contributed by atoms with van der Waals surface area (Å²) in [5, 5.41) is 2.82. The smallest absolute Gasteiger partial charge is 0.255 e. The van der Waals surface area contributed by atoms with Gasteiger partial charge in [0, 0.05) is 11.8 Å². The predicted octanol–water partition coefficient (Wildman–Crippen LogP) is 3.90. The fraction of sp³-hybridized carbons (Fsp3) is 0.438. The van der Waals surface area contributed by atoms with E-state index in [-0.39, 0.29) is 5.91 Å². The fourth-order valence-electron chi connectivity index (χ4n) is 2.49. The number of nitrogens with one attached hydrogen (secondary N) is 1. The van der Waals surface area contributed by atoms with E-state index in [1.54, 1.807) is 6.20 Å². The number of carbonyl (C=O) groups is 1. The highest BCUT2D eigenvalue weighted by atomic mass is 16.1. The van der Waals surface area contributed by atoms with Crippen molar-refractivity contribution in [2.75, 3.05) is 0 Å². The van der Waals surface area contributed by atoms with Gasteiger partial charge in [-0.25, -0.2) is 0 Å². The average Bonchev–Trinajstić information content (AvgIpc) is 2.45. The Kier molecular flexibility index (Phi) is 5.00. The second kappa shape index (κ2) is 7.00. The zero-order chi connectivity index (χ0) is 12.6. The molecule has 0 spiro atoms. The summed E-state index contributed by atoms with van der Waals surface area (Å²) < 4.78 is 0. The van der Waals surface area contributed by atoms with Crippen molar-refractivity contribution in [2.24, 2.45) is 5.92 Å². The molecule has 1 amide bonds. The number of allylic oxidation sites excluding steroid dienone is 1. The number of benzene rings is 1. The zero-order valence-electron chi connectivity index (χ0n) is 10.8. The first-order valence-corrected chi connectivity index (χ1v) is 6.87. The lowest BCUT2D eigenvalue weighted by Crippen LogP contribution is -2.16. The van der Waals surface area contributed by atoms with E-state index in [2.05, 4.69) is 11.4 Å². The molecule has 1 aliphatic rings. The number of hydrogen-bond donors (Lipinski definition) is 1. The molecular formula is C16H21NO. The van der Waals surface area contributed by atoms with Crippen LogP contribution in [-0.2, 0) is 0 Å². The van der Waals surface area contributed by atoms with Crippen LogP contribution in [-0.4, -0.2) is 5.91 Å². The summed E-state index contributed by atoms with van der Waals surface area (Å²) in [5.41, 5.74) is 0.708. The van der Waals surface area contributed by atoms with Crippen LogP contribution in [0.3, 0.4) is 0 Å². The van der Waals surface area contributed by atoms with Crippen LogP contribution in [0.5, 0.6) is 0 Å². The van der Waals surface area contributed by atoms with Crippen LogP contribution in [0.1, 0.15) is 48.9 Å². The van der Waals surface area contributed by atoms with Gasteiger partial charge in [-0.15, -0.1) is 0 Å². The molecule has 96 valence electrons. The summed E-state index contributed by atoms with van der Waals surface area (Å²) in [6.07, 6.45) is 11.8. The number of amides is 1. The highest BCUT2D eigenvalue weighted by molar-refractivity contribution is 5.94. The maximum Gasteiger partial charge on any atom is 0.255 e. The molecule has 0 radical (unpaired) electrons. The fourth-order valence-corrected chi connectivity index (χ4v) is 2.49. The van der Waals surface area contributed by atoms with Crippen molar-refractivity contribution >= 4 is 5.91 Å². The van der Waals surface area contributed by atoms with Gasteiger partial charge in [0.15, 0.2) is 0 Å². The summed E-state index contributed by atoms with van der Waals surface area (Å²) in [6, 6.07) is 9.31. The quantitative estimate of drug-likeness (QED) is 0.853. The van der Waals surface area contributed by atoms with Crippen LogP contribution in [0, 0.1) is 5.92 Å². The van der Waals surface area contributed by atoms with Crippen LogP contribution < -0.4 is 5.32 Å². The maximum atomic E-state index is 11.7. The van der Waals surface area contributed by atoms with Crippen molar-refractivity contribution in [3.8, 4) is 0 Å². The van der Waals surface area contributed by atoms with Crippen LogP contribution in [0.15, 0.2) is 42.6 Å². The Bertz CT molecular complexity index is 391. The molecule has 2 heteroatoms. The Morgan fingerprint density at radius 2 is 1.89 bits per heavy atom. The van der Waals surface area contributed by atoms with E-state index < -0.39 is 0 Å². The van der Waals surface area contributed by atoms with E-state index in [9.17, 15) is 4.79 Å². The maximum absolute atomic E-state index is 11.7. The van der Waals surface area contributed by atoms with Crippen molar-refractivity contribution in [3.05, 3.63) is 48.2 Å². The molecule has 0 unspecified atom stereocenters. The topological polar surface area (TPSA) is 29.1 Å². The van der Waals surface area contributed by atoms with Crippen LogP contribution in [0.4, 0.5) is 0 Å². The van der Waals surface area contributed by atoms with Crippen molar-refractivity contribution in [1.82, 2.24) is 5.32 Å². The summed E-state index contributed by atoms with van der Waals surface area (Å²) in [6.45, 7) is 0. The Hall–Kier alpha value is -1.57. The van der Waals surface area contributed by atoms with E-state index in [4.69, 9.17) is 0 Å². The minimum absolute atomic E-state index is 0.0319. The van der Waals surface area contributed by atoms with E-state index in [1.165, 1.54) is 32.1 Å². The zero-order valence-corrected chi connectivity index (χ0v) is 10.8. The van der Waals surface area contributed by atoms with Gasteiger partial charge in [0.2, 0.25) is 0 Å². The van der Waals surface area contributed by atoms with Gasteiger partial charge in [-0.2, -0.15) is 0 Å². The van der Waals surface area contributed by atoms with Crippen molar-refractivity contribution in [2.45, 2.75) is 38.5 Å². The molecule has 0 aromatic heterocycles. The molecular weight excluding hydrogens is 222 g/mol. The lowest BCUT2D eigenvalue weighted by Gasteiger charge is -2.19. The third-order valence-corrected chi connectivity index (χ3v) is 3.56. The Balaban J connectivity index is 1.72. The van der Waals surface area contributed by atoms with Gasteiger partial charge in [0.25, 0.3) is 5.91 Å². The Morgan fingerprint density at radius 1 is 1.17 bits per heavy atom. The number of hydrogen-bond acceptors (Lipinski definition) is 1. The van der Waals surface area contributed by atoms with Gasteiger partial charge in [0.1, 0.15) is 0 Å². The Morgan fingerprint density at radius 3 is 2.61 bits per heavy atom. The molecule has 0 saturated heterocycles.